The Hall–Kier alpha value is 0.200. The maximum absolute atomic E-state index is 12.5. The van der Waals surface area contributed by atoms with Crippen molar-refractivity contribution in [1.82, 2.24) is 4.31 Å². The molecule has 0 aromatic carbocycles. The lowest BCUT2D eigenvalue weighted by molar-refractivity contribution is 0.259. The minimum absolute atomic E-state index is 0.376. The molecule has 19 heavy (non-hydrogen) atoms. The number of alkyl halides is 1. The van der Waals surface area contributed by atoms with E-state index in [1.165, 1.54) is 19.3 Å². The molecule has 2 aliphatic rings. The fourth-order valence-corrected chi connectivity index (χ4v) is 5.72. The summed E-state index contributed by atoms with van der Waals surface area (Å²) >= 11 is 5.78. The summed E-state index contributed by atoms with van der Waals surface area (Å²) in [5.74, 6) is 1.88. The summed E-state index contributed by atoms with van der Waals surface area (Å²) in [6.45, 7) is 1.41. The molecule has 0 spiro atoms. The quantitative estimate of drug-likeness (QED) is 0.731. The second-order valence-corrected chi connectivity index (χ2v) is 8.52. The molecule has 0 radical (unpaired) electrons. The topological polar surface area (TPSA) is 37.4 Å². The van der Waals surface area contributed by atoms with Crippen molar-refractivity contribution in [3.63, 3.8) is 0 Å². The molecule has 1 aliphatic heterocycles. The van der Waals surface area contributed by atoms with Crippen LogP contribution in [-0.4, -0.2) is 37.4 Å². The molecule has 0 aromatic rings. The first-order valence-corrected chi connectivity index (χ1v) is 9.80. The van der Waals surface area contributed by atoms with Gasteiger partial charge in [0.1, 0.15) is 0 Å². The van der Waals surface area contributed by atoms with Crippen LogP contribution in [0.3, 0.4) is 0 Å². The maximum atomic E-state index is 12.5. The lowest BCUT2D eigenvalue weighted by Crippen LogP contribution is -2.42. The number of rotatable bonds is 5. The minimum atomic E-state index is -3.04. The van der Waals surface area contributed by atoms with E-state index in [1.807, 2.05) is 0 Å². The van der Waals surface area contributed by atoms with Crippen LogP contribution in [0.4, 0.5) is 0 Å². The first-order valence-electron chi connectivity index (χ1n) is 7.65. The molecule has 1 aliphatic carbocycles. The first kappa shape index (κ1) is 15.6. The van der Waals surface area contributed by atoms with Crippen molar-refractivity contribution >= 4 is 21.6 Å². The van der Waals surface area contributed by atoms with Crippen molar-refractivity contribution in [3.05, 3.63) is 0 Å². The molecule has 1 unspecified atom stereocenters. The fourth-order valence-electron chi connectivity index (χ4n) is 3.43. The molecule has 1 heterocycles. The van der Waals surface area contributed by atoms with Gasteiger partial charge in [0.25, 0.3) is 0 Å². The van der Waals surface area contributed by atoms with Crippen molar-refractivity contribution < 1.29 is 8.42 Å². The normalized spacial score (nSPS) is 27.5. The second kappa shape index (κ2) is 7.28. The van der Waals surface area contributed by atoms with E-state index in [0.717, 1.165) is 32.1 Å². The van der Waals surface area contributed by atoms with E-state index < -0.39 is 10.0 Å². The highest BCUT2D eigenvalue weighted by atomic mass is 35.5. The maximum Gasteiger partial charge on any atom is 0.214 e. The largest absolute Gasteiger partial charge is 0.214 e. The Bertz CT molecular complexity index is 364. The van der Waals surface area contributed by atoms with Gasteiger partial charge in [-0.1, -0.05) is 19.3 Å². The number of piperidine rings is 1. The molecular formula is C14H26ClNO2S. The summed E-state index contributed by atoms with van der Waals surface area (Å²) in [5.41, 5.74) is 0. The van der Waals surface area contributed by atoms with Crippen LogP contribution in [0.5, 0.6) is 0 Å². The molecule has 1 saturated heterocycles. The third-order valence-corrected chi connectivity index (χ3v) is 6.79. The monoisotopic (exact) mass is 307 g/mol. The molecule has 1 saturated carbocycles. The van der Waals surface area contributed by atoms with Gasteiger partial charge in [-0.3, -0.25) is 0 Å². The molecule has 3 nitrogen and oxygen atoms in total. The lowest BCUT2D eigenvalue weighted by atomic mass is 9.91. The van der Waals surface area contributed by atoms with E-state index in [1.54, 1.807) is 4.31 Å². The number of sulfonamides is 1. The summed E-state index contributed by atoms with van der Waals surface area (Å²) in [5, 5.41) is 0. The van der Waals surface area contributed by atoms with Crippen LogP contribution in [-0.2, 0) is 10.0 Å². The summed E-state index contributed by atoms with van der Waals surface area (Å²) < 4.78 is 26.7. The highest BCUT2D eigenvalue weighted by Gasteiger charge is 2.31. The SMILES string of the molecule is O=S(=O)(CC1CCCCC1)N1CCCC(CCCl)C1. The summed E-state index contributed by atoms with van der Waals surface area (Å²) in [7, 11) is -3.04. The van der Waals surface area contributed by atoms with Gasteiger partial charge in [0.05, 0.1) is 5.75 Å². The minimum Gasteiger partial charge on any atom is -0.212 e. The lowest BCUT2D eigenvalue weighted by Gasteiger charge is -2.33. The van der Waals surface area contributed by atoms with Gasteiger partial charge in [0.2, 0.25) is 10.0 Å². The molecule has 112 valence electrons. The molecule has 2 rings (SSSR count). The van der Waals surface area contributed by atoms with Crippen LogP contribution >= 0.6 is 11.6 Å². The molecule has 0 aromatic heterocycles. The van der Waals surface area contributed by atoms with Crippen LogP contribution < -0.4 is 0 Å². The Morgan fingerprint density at radius 3 is 2.37 bits per heavy atom. The van der Waals surface area contributed by atoms with Crippen molar-refractivity contribution in [2.45, 2.75) is 51.4 Å². The van der Waals surface area contributed by atoms with Crippen LogP contribution in [0.2, 0.25) is 0 Å². The van der Waals surface area contributed by atoms with Crippen LogP contribution in [0.25, 0.3) is 0 Å². The third kappa shape index (κ3) is 4.61. The highest BCUT2D eigenvalue weighted by Crippen LogP contribution is 2.28. The van der Waals surface area contributed by atoms with Gasteiger partial charge in [-0.15, -0.1) is 11.6 Å². The summed E-state index contributed by atoms with van der Waals surface area (Å²) in [6, 6.07) is 0. The second-order valence-electron chi connectivity index (χ2n) is 6.13. The van der Waals surface area contributed by atoms with Gasteiger partial charge in [0.15, 0.2) is 0 Å². The average molecular weight is 308 g/mol. The molecule has 2 fully saturated rings. The predicted octanol–water partition coefficient (Wildman–Crippen LogP) is 3.24. The average Bonchev–Trinajstić information content (AvgIpc) is 2.40. The summed E-state index contributed by atoms with van der Waals surface area (Å²) in [4.78, 5) is 0. The zero-order valence-corrected chi connectivity index (χ0v) is 13.3. The van der Waals surface area contributed by atoms with Crippen molar-refractivity contribution in [1.29, 1.82) is 0 Å². The first-order chi connectivity index (χ1) is 9.12. The molecule has 0 N–H and O–H groups in total. The van der Waals surface area contributed by atoms with Crippen molar-refractivity contribution in [2.24, 2.45) is 11.8 Å². The number of hydrogen-bond acceptors (Lipinski definition) is 2. The Labute approximate surface area is 122 Å². The number of nitrogens with zero attached hydrogens (tertiary/aromatic N) is 1. The van der Waals surface area contributed by atoms with Gasteiger partial charge < -0.3 is 0 Å². The standard InChI is InChI=1S/C14H26ClNO2S/c15-9-8-13-7-4-10-16(11-13)19(17,18)12-14-5-2-1-3-6-14/h13-14H,1-12H2. The van der Waals surface area contributed by atoms with Crippen LogP contribution in [0, 0.1) is 11.8 Å². The molecular weight excluding hydrogens is 282 g/mol. The van der Waals surface area contributed by atoms with Gasteiger partial charge >= 0.3 is 0 Å². The van der Waals surface area contributed by atoms with Crippen LogP contribution in [0.15, 0.2) is 0 Å². The Kier molecular flexibility index (Phi) is 5.97. The van der Waals surface area contributed by atoms with Crippen molar-refractivity contribution in [2.75, 3.05) is 24.7 Å². The van der Waals surface area contributed by atoms with Crippen LogP contribution in [0.1, 0.15) is 51.4 Å². The molecule has 0 amide bonds. The van der Waals surface area contributed by atoms with E-state index in [0.29, 0.717) is 36.6 Å². The van der Waals surface area contributed by atoms with Gasteiger partial charge in [0, 0.05) is 19.0 Å². The number of halogens is 1. The Morgan fingerprint density at radius 1 is 1.00 bits per heavy atom. The smallest absolute Gasteiger partial charge is 0.212 e. The number of hydrogen-bond donors (Lipinski definition) is 0. The van der Waals surface area contributed by atoms with Gasteiger partial charge in [-0.05, 0) is 43.9 Å². The zero-order chi connectivity index (χ0) is 13.7. The van der Waals surface area contributed by atoms with E-state index in [4.69, 9.17) is 11.6 Å². The van der Waals surface area contributed by atoms with E-state index in [-0.39, 0.29) is 0 Å². The van der Waals surface area contributed by atoms with E-state index in [9.17, 15) is 8.42 Å². The molecule has 5 heteroatoms. The highest BCUT2D eigenvalue weighted by molar-refractivity contribution is 7.89. The zero-order valence-electron chi connectivity index (χ0n) is 11.7. The van der Waals surface area contributed by atoms with E-state index in [2.05, 4.69) is 0 Å². The fraction of sp³-hybridized carbons (Fsp3) is 1.00. The van der Waals surface area contributed by atoms with Gasteiger partial charge in [-0.2, -0.15) is 0 Å². The Balaban J connectivity index is 1.90. The Morgan fingerprint density at radius 2 is 1.68 bits per heavy atom. The summed E-state index contributed by atoms with van der Waals surface area (Å²) in [6.07, 6.45) is 8.93. The van der Waals surface area contributed by atoms with Gasteiger partial charge in [-0.25, -0.2) is 12.7 Å². The third-order valence-electron chi connectivity index (χ3n) is 4.56. The molecule has 1 atom stereocenters. The van der Waals surface area contributed by atoms with E-state index >= 15 is 0 Å². The van der Waals surface area contributed by atoms with Crippen molar-refractivity contribution in [3.8, 4) is 0 Å². The molecule has 0 bridgehead atoms. The predicted molar refractivity (Wildman–Crippen MR) is 80.0 cm³/mol.